The number of benzene rings is 1. The SMILES string of the molecule is CCCCCCCCOC(C)C(=O)Oc1ccc(-c2ncc(OCCC)cn2)cc1. The number of unbranched alkanes of at least 4 members (excludes halogenated alkanes) is 5. The highest BCUT2D eigenvalue weighted by atomic mass is 16.6. The molecule has 0 radical (unpaired) electrons. The summed E-state index contributed by atoms with van der Waals surface area (Å²) in [4.78, 5) is 20.9. The second-order valence-electron chi connectivity index (χ2n) is 7.32. The van der Waals surface area contributed by atoms with E-state index in [1.807, 2.05) is 19.1 Å². The number of carbonyl (C=O) groups is 1. The minimum Gasteiger partial charge on any atom is -0.490 e. The van der Waals surface area contributed by atoms with Crippen LogP contribution in [0.5, 0.6) is 11.5 Å². The van der Waals surface area contributed by atoms with Gasteiger partial charge < -0.3 is 14.2 Å². The summed E-state index contributed by atoms with van der Waals surface area (Å²) in [6.45, 7) is 7.20. The molecule has 6 heteroatoms. The van der Waals surface area contributed by atoms with Crippen molar-refractivity contribution >= 4 is 5.97 Å². The molecular weight excluding hydrogens is 380 g/mol. The Kier molecular flexibility index (Phi) is 10.9. The standard InChI is InChI=1S/C24H34N2O4/c1-4-6-7-8-9-10-16-28-19(3)24(27)30-21-13-11-20(12-14-21)23-25-17-22(18-26-23)29-15-5-2/h11-14,17-19H,4-10,15-16H2,1-3H3. The number of nitrogens with zero attached hydrogens (tertiary/aromatic N) is 2. The van der Waals surface area contributed by atoms with Crippen LogP contribution >= 0.6 is 0 Å². The molecule has 0 bridgehead atoms. The molecule has 1 unspecified atom stereocenters. The summed E-state index contributed by atoms with van der Waals surface area (Å²) in [5.41, 5.74) is 0.837. The van der Waals surface area contributed by atoms with Gasteiger partial charge in [-0.05, 0) is 44.0 Å². The van der Waals surface area contributed by atoms with Crippen molar-refractivity contribution in [3.8, 4) is 22.9 Å². The minimum atomic E-state index is -0.584. The van der Waals surface area contributed by atoms with Gasteiger partial charge in [-0.2, -0.15) is 0 Å². The number of hydrogen-bond acceptors (Lipinski definition) is 6. The lowest BCUT2D eigenvalue weighted by Gasteiger charge is -2.12. The Bertz CT molecular complexity index is 732. The zero-order chi connectivity index (χ0) is 21.6. The van der Waals surface area contributed by atoms with E-state index in [-0.39, 0.29) is 5.97 Å². The van der Waals surface area contributed by atoms with E-state index in [9.17, 15) is 4.79 Å². The fourth-order valence-electron chi connectivity index (χ4n) is 2.84. The lowest BCUT2D eigenvalue weighted by Crippen LogP contribution is -2.26. The molecule has 1 aromatic carbocycles. The van der Waals surface area contributed by atoms with Gasteiger partial charge in [0.15, 0.2) is 17.7 Å². The quantitative estimate of drug-likeness (QED) is 0.227. The molecular formula is C24H34N2O4. The molecule has 30 heavy (non-hydrogen) atoms. The molecule has 0 aliphatic carbocycles. The molecule has 0 N–H and O–H groups in total. The topological polar surface area (TPSA) is 70.5 Å². The molecule has 0 fully saturated rings. The number of ether oxygens (including phenoxy) is 3. The first kappa shape index (κ1) is 23.8. The summed E-state index contributed by atoms with van der Waals surface area (Å²) in [7, 11) is 0. The van der Waals surface area contributed by atoms with Gasteiger partial charge in [-0.25, -0.2) is 14.8 Å². The molecule has 164 valence electrons. The predicted molar refractivity (Wildman–Crippen MR) is 118 cm³/mol. The largest absolute Gasteiger partial charge is 0.490 e. The Labute approximate surface area is 180 Å². The lowest BCUT2D eigenvalue weighted by atomic mass is 10.1. The van der Waals surface area contributed by atoms with E-state index in [1.54, 1.807) is 31.5 Å². The summed E-state index contributed by atoms with van der Waals surface area (Å²) >= 11 is 0. The van der Waals surface area contributed by atoms with Gasteiger partial charge in [0.1, 0.15) is 5.75 Å². The van der Waals surface area contributed by atoms with Crippen molar-refractivity contribution in [2.75, 3.05) is 13.2 Å². The first-order chi connectivity index (χ1) is 14.6. The van der Waals surface area contributed by atoms with Crippen LogP contribution in [-0.2, 0) is 9.53 Å². The highest BCUT2D eigenvalue weighted by Gasteiger charge is 2.16. The van der Waals surface area contributed by atoms with Crippen LogP contribution in [0.15, 0.2) is 36.7 Å². The third kappa shape index (κ3) is 8.49. The average Bonchev–Trinajstić information content (AvgIpc) is 2.78. The van der Waals surface area contributed by atoms with Gasteiger partial charge in [-0.1, -0.05) is 46.0 Å². The van der Waals surface area contributed by atoms with E-state index in [0.717, 1.165) is 24.8 Å². The second-order valence-corrected chi connectivity index (χ2v) is 7.32. The van der Waals surface area contributed by atoms with Gasteiger partial charge in [-0.15, -0.1) is 0 Å². The molecule has 0 aliphatic heterocycles. The van der Waals surface area contributed by atoms with Gasteiger partial charge in [-0.3, -0.25) is 0 Å². The van der Waals surface area contributed by atoms with E-state index >= 15 is 0 Å². The smallest absolute Gasteiger partial charge is 0.340 e. The fraction of sp³-hybridized carbons (Fsp3) is 0.542. The Hall–Kier alpha value is -2.47. The van der Waals surface area contributed by atoms with Crippen LogP contribution in [0.2, 0.25) is 0 Å². The summed E-state index contributed by atoms with van der Waals surface area (Å²) in [6.07, 6.45) is 10.8. The van der Waals surface area contributed by atoms with Gasteiger partial charge in [0.2, 0.25) is 0 Å². The maximum absolute atomic E-state index is 12.2. The van der Waals surface area contributed by atoms with E-state index in [1.165, 1.54) is 25.7 Å². The highest BCUT2D eigenvalue weighted by molar-refractivity contribution is 5.77. The zero-order valence-corrected chi connectivity index (χ0v) is 18.4. The van der Waals surface area contributed by atoms with Crippen LogP contribution in [0.1, 0.15) is 65.7 Å². The monoisotopic (exact) mass is 414 g/mol. The molecule has 6 nitrogen and oxygen atoms in total. The highest BCUT2D eigenvalue weighted by Crippen LogP contribution is 2.21. The van der Waals surface area contributed by atoms with Gasteiger partial charge in [0.25, 0.3) is 0 Å². The third-order valence-corrected chi connectivity index (χ3v) is 4.63. The number of aromatic nitrogens is 2. The normalized spacial score (nSPS) is 11.8. The summed E-state index contributed by atoms with van der Waals surface area (Å²) in [5, 5.41) is 0. The molecule has 1 heterocycles. The Balaban J connectivity index is 1.75. The van der Waals surface area contributed by atoms with Gasteiger partial charge in [0, 0.05) is 12.2 Å². The van der Waals surface area contributed by atoms with E-state index < -0.39 is 6.10 Å². The molecule has 0 aliphatic rings. The van der Waals surface area contributed by atoms with Crippen molar-refractivity contribution in [1.29, 1.82) is 0 Å². The molecule has 1 atom stereocenters. The van der Waals surface area contributed by atoms with Crippen molar-refractivity contribution < 1.29 is 19.0 Å². The van der Waals surface area contributed by atoms with Crippen LogP contribution < -0.4 is 9.47 Å². The predicted octanol–water partition coefficient (Wildman–Crippen LogP) is 5.60. The second kappa shape index (κ2) is 13.7. The van der Waals surface area contributed by atoms with Crippen molar-refractivity contribution in [1.82, 2.24) is 9.97 Å². The summed E-state index contributed by atoms with van der Waals surface area (Å²) in [6, 6.07) is 7.12. The molecule has 0 spiro atoms. The first-order valence-electron chi connectivity index (χ1n) is 11.0. The summed E-state index contributed by atoms with van der Waals surface area (Å²) in [5.74, 6) is 1.33. The van der Waals surface area contributed by atoms with Crippen molar-refractivity contribution in [2.24, 2.45) is 0 Å². The Morgan fingerprint density at radius 2 is 1.53 bits per heavy atom. The molecule has 2 aromatic rings. The fourth-order valence-corrected chi connectivity index (χ4v) is 2.84. The Morgan fingerprint density at radius 3 is 2.20 bits per heavy atom. The van der Waals surface area contributed by atoms with Crippen molar-refractivity contribution in [3.63, 3.8) is 0 Å². The number of esters is 1. The van der Waals surface area contributed by atoms with Gasteiger partial charge in [0.05, 0.1) is 19.0 Å². The average molecular weight is 415 g/mol. The summed E-state index contributed by atoms with van der Waals surface area (Å²) < 4.78 is 16.5. The van der Waals surface area contributed by atoms with Crippen LogP contribution in [0.3, 0.4) is 0 Å². The van der Waals surface area contributed by atoms with Crippen molar-refractivity contribution in [2.45, 2.75) is 71.8 Å². The van der Waals surface area contributed by atoms with E-state index in [0.29, 0.717) is 30.5 Å². The maximum Gasteiger partial charge on any atom is 0.340 e. The van der Waals surface area contributed by atoms with E-state index in [4.69, 9.17) is 14.2 Å². The number of rotatable bonds is 14. The Morgan fingerprint density at radius 1 is 0.867 bits per heavy atom. The molecule has 2 rings (SSSR count). The lowest BCUT2D eigenvalue weighted by molar-refractivity contribution is -0.146. The molecule has 0 saturated heterocycles. The zero-order valence-electron chi connectivity index (χ0n) is 18.4. The van der Waals surface area contributed by atoms with Crippen LogP contribution in [-0.4, -0.2) is 35.3 Å². The number of carbonyl (C=O) groups excluding carboxylic acids is 1. The third-order valence-electron chi connectivity index (χ3n) is 4.63. The maximum atomic E-state index is 12.2. The molecule has 1 aromatic heterocycles. The first-order valence-corrected chi connectivity index (χ1v) is 11.0. The van der Waals surface area contributed by atoms with Gasteiger partial charge >= 0.3 is 5.97 Å². The van der Waals surface area contributed by atoms with Crippen LogP contribution in [0.4, 0.5) is 0 Å². The molecule has 0 amide bonds. The number of hydrogen-bond donors (Lipinski definition) is 0. The minimum absolute atomic E-state index is 0.387. The molecule has 0 saturated carbocycles. The van der Waals surface area contributed by atoms with E-state index in [2.05, 4.69) is 16.9 Å². The van der Waals surface area contributed by atoms with Crippen LogP contribution in [0.25, 0.3) is 11.4 Å². The van der Waals surface area contributed by atoms with Crippen molar-refractivity contribution in [3.05, 3.63) is 36.7 Å². The van der Waals surface area contributed by atoms with Crippen LogP contribution in [0, 0.1) is 0 Å².